The summed E-state index contributed by atoms with van der Waals surface area (Å²) < 4.78 is 4.51. The van der Waals surface area contributed by atoms with Crippen LogP contribution in [0.2, 0.25) is 0 Å². The molecule has 0 aromatic heterocycles. The van der Waals surface area contributed by atoms with Crippen LogP contribution in [0.15, 0.2) is 0 Å². The molecule has 36 valence electrons. The van der Waals surface area contributed by atoms with Gasteiger partial charge in [-0.05, 0) is 6.42 Å². The molecule has 0 spiro atoms. The first-order valence-corrected chi connectivity index (χ1v) is 2.05. The minimum atomic E-state index is -0.0463. The van der Waals surface area contributed by atoms with E-state index >= 15 is 0 Å². The molecular weight excluding hydrogens is 103 g/mol. The van der Waals surface area contributed by atoms with Crippen molar-refractivity contribution in [2.24, 2.45) is 0 Å². The molecule has 0 amide bonds. The summed E-state index contributed by atoms with van der Waals surface area (Å²) in [5.41, 5.74) is 0. The molecule has 1 aliphatic rings. The van der Waals surface area contributed by atoms with Gasteiger partial charge < -0.3 is 4.74 Å². The van der Waals surface area contributed by atoms with E-state index in [-0.39, 0.29) is 35.5 Å². The van der Waals surface area contributed by atoms with Crippen molar-refractivity contribution in [3.8, 4) is 0 Å². The number of hydrogen-bond donors (Lipinski definition) is 0. The number of hydrogen-bond acceptors (Lipinski definition) is 2. The second-order valence-corrected chi connectivity index (χ2v) is 1.32. The van der Waals surface area contributed by atoms with E-state index in [0.717, 1.165) is 6.42 Å². The first kappa shape index (κ1) is 7.47. The average Bonchev–Trinajstić information content (AvgIpc) is 1.86. The van der Waals surface area contributed by atoms with E-state index < -0.39 is 0 Å². The zero-order valence-corrected chi connectivity index (χ0v) is 3.44. The van der Waals surface area contributed by atoms with Crippen molar-refractivity contribution >= 4 is 35.5 Å². The molecule has 0 radical (unpaired) electrons. The van der Waals surface area contributed by atoms with Gasteiger partial charge in [0, 0.05) is 6.42 Å². The third kappa shape index (κ3) is 2.32. The van der Waals surface area contributed by atoms with Crippen molar-refractivity contribution in [2.45, 2.75) is 12.8 Å². The Balaban J connectivity index is 0.000000360. The number of esters is 1. The van der Waals surface area contributed by atoms with Crippen LogP contribution in [-0.2, 0) is 9.53 Å². The molecule has 0 saturated carbocycles. The second kappa shape index (κ2) is 3.47. The zero-order chi connectivity index (χ0) is 4.41. The van der Waals surface area contributed by atoms with Gasteiger partial charge in [-0.15, -0.1) is 0 Å². The molecule has 0 aliphatic carbocycles. The first-order valence-electron chi connectivity index (χ1n) is 2.05. The van der Waals surface area contributed by atoms with E-state index in [4.69, 9.17) is 0 Å². The number of ether oxygens (including phenoxy) is 1. The molecule has 3 heteroatoms. The Morgan fingerprint density at radius 3 is 2.43 bits per heavy atom. The van der Waals surface area contributed by atoms with E-state index in [2.05, 4.69) is 4.74 Å². The van der Waals surface area contributed by atoms with Gasteiger partial charge in [0.05, 0.1) is 6.61 Å². The van der Waals surface area contributed by atoms with Crippen molar-refractivity contribution in [1.82, 2.24) is 0 Å². The van der Waals surface area contributed by atoms with Gasteiger partial charge in [-0.1, -0.05) is 0 Å². The molecule has 7 heavy (non-hydrogen) atoms. The fraction of sp³-hybridized carbons (Fsp3) is 0.750. The fourth-order valence-electron chi connectivity index (χ4n) is 0.475. The van der Waals surface area contributed by atoms with Gasteiger partial charge in [0.2, 0.25) is 0 Å². The Morgan fingerprint density at radius 1 is 1.57 bits per heavy atom. The second-order valence-electron chi connectivity index (χ2n) is 1.32. The molecule has 1 aliphatic heterocycles. The van der Waals surface area contributed by atoms with Crippen LogP contribution in [0.25, 0.3) is 0 Å². The molecular formula is C4H7NaO2. The van der Waals surface area contributed by atoms with Gasteiger partial charge in [0.1, 0.15) is 0 Å². The Morgan fingerprint density at radius 2 is 2.29 bits per heavy atom. The van der Waals surface area contributed by atoms with Crippen molar-refractivity contribution in [2.75, 3.05) is 6.61 Å². The monoisotopic (exact) mass is 110 g/mol. The van der Waals surface area contributed by atoms with Crippen LogP contribution >= 0.6 is 0 Å². The Hall–Kier alpha value is 0.470. The number of carbonyl (C=O) groups excluding carboxylic acids is 1. The standard InChI is InChI=1S/C4H6O2.Na.H/c5-4-2-1-3-6-4;;/h1-3H2;;. The van der Waals surface area contributed by atoms with Crippen LogP contribution in [0, 0.1) is 0 Å². The number of rotatable bonds is 0. The summed E-state index contributed by atoms with van der Waals surface area (Å²) >= 11 is 0. The zero-order valence-electron chi connectivity index (χ0n) is 3.44. The molecule has 2 nitrogen and oxygen atoms in total. The number of carbonyl (C=O) groups is 1. The van der Waals surface area contributed by atoms with E-state index in [1.54, 1.807) is 0 Å². The van der Waals surface area contributed by atoms with Crippen molar-refractivity contribution < 1.29 is 9.53 Å². The molecule has 1 saturated heterocycles. The van der Waals surface area contributed by atoms with E-state index in [1.807, 2.05) is 0 Å². The van der Waals surface area contributed by atoms with Crippen LogP contribution in [-0.4, -0.2) is 42.1 Å². The Kier molecular flexibility index (Phi) is 3.70. The molecule has 0 N–H and O–H groups in total. The molecule has 1 heterocycles. The fourth-order valence-corrected chi connectivity index (χ4v) is 0.475. The summed E-state index contributed by atoms with van der Waals surface area (Å²) in [4.78, 5) is 10.0. The van der Waals surface area contributed by atoms with Crippen LogP contribution in [0.4, 0.5) is 0 Å². The summed E-state index contributed by atoms with van der Waals surface area (Å²) in [5, 5.41) is 0. The molecule has 0 aromatic carbocycles. The van der Waals surface area contributed by atoms with Gasteiger partial charge in [-0.2, -0.15) is 0 Å². The summed E-state index contributed by atoms with van der Waals surface area (Å²) in [6, 6.07) is 0. The molecule has 0 unspecified atom stereocenters. The quantitative estimate of drug-likeness (QED) is 0.315. The molecule has 0 aromatic rings. The normalized spacial score (nSPS) is 18.0. The van der Waals surface area contributed by atoms with Crippen LogP contribution in [0.5, 0.6) is 0 Å². The summed E-state index contributed by atoms with van der Waals surface area (Å²) in [6.07, 6.45) is 1.54. The van der Waals surface area contributed by atoms with E-state index in [0.29, 0.717) is 13.0 Å². The van der Waals surface area contributed by atoms with Gasteiger partial charge in [-0.25, -0.2) is 0 Å². The minimum absolute atomic E-state index is 0. The van der Waals surface area contributed by atoms with Crippen molar-refractivity contribution in [3.05, 3.63) is 0 Å². The van der Waals surface area contributed by atoms with Gasteiger partial charge >= 0.3 is 35.5 Å². The topological polar surface area (TPSA) is 26.3 Å². The molecule has 0 atom stereocenters. The van der Waals surface area contributed by atoms with Crippen molar-refractivity contribution in [3.63, 3.8) is 0 Å². The molecule has 0 bridgehead atoms. The maximum atomic E-state index is 10.0. The van der Waals surface area contributed by atoms with Crippen LogP contribution in [0.1, 0.15) is 12.8 Å². The Labute approximate surface area is 64.5 Å². The molecule has 1 fully saturated rings. The van der Waals surface area contributed by atoms with Gasteiger partial charge in [-0.3, -0.25) is 4.79 Å². The van der Waals surface area contributed by atoms with Crippen LogP contribution < -0.4 is 0 Å². The van der Waals surface area contributed by atoms with Crippen LogP contribution in [0.3, 0.4) is 0 Å². The van der Waals surface area contributed by atoms with E-state index in [1.165, 1.54) is 0 Å². The predicted octanol–water partition coefficient (Wildman–Crippen LogP) is -0.325. The SMILES string of the molecule is O=C1CCCO1.[NaH]. The van der Waals surface area contributed by atoms with Crippen molar-refractivity contribution in [1.29, 1.82) is 0 Å². The third-order valence-electron chi connectivity index (χ3n) is 0.788. The third-order valence-corrected chi connectivity index (χ3v) is 0.788. The average molecular weight is 110 g/mol. The summed E-state index contributed by atoms with van der Waals surface area (Å²) in [7, 11) is 0. The van der Waals surface area contributed by atoms with Gasteiger partial charge in [0.25, 0.3) is 0 Å². The summed E-state index contributed by atoms with van der Waals surface area (Å²) in [5.74, 6) is -0.0463. The predicted molar refractivity (Wildman–Crippen MR) is 27.3 cm³/mol. The van der Waals surface area contributed by atoms with E-state index in [9.17, 15) is 4.79 Å². The molecule has 1 rings (SSSR count). The number of cyclic esters (lactones) is 1. The Bertz CT molecular complexity index is 64.1. The first-order chi connectivity index (χ1) is 2.89. The van der Waals surface area contributed by atoms with Gasteiger partial charge in [0.15, 0.2) is 0 Å². The maximum absolute atomic E-state index is 10.0. The summed E-state index contributed by atoms with van der Waals surface area (Å²) in [6.45, 7) is 0.638.